The molecule has 0 aromatic rings. The molecule has 1 aliphatic rings. The van der Waals surface area contributed by atoms with Crippen molar-refractivity contribution in [2.24, 2.45) is 5.73 Å². The van der Waals surface area contributed by atoms with Gasteiger partial charge in [-0.15, -0.1) is 0 Å². The van der Waals surface area contributed by atoms with E-state index >= 15 is 0 Å². The van der Waals surface area contributed by atoms with Crippen molar-refractivity contribution in [2.75, 3.05) is 59.0 Å². The average Bonchev–Trinajstić information content (AvgIpc) is 2.52. The van der Waals surface area contributed by atoms with Gasteiger partial charge in [-0.05, 0) is 6.92 Å². The molecule has 0 unspecified atom stereocenters. The number of nitriles is 1. The lowest BCUT2D eigenvalue weighted by molar-refractivity contribution is -0.128. The standard InChI is InChI=1S/C14H25N5O2/c1-2-17(9-10-20)12-13(11-16)14(21)19-7-5-18(4-3-15)6-8-19/h12,20H,2-10,15H2,1H3/b13-12-. The van der Waals surface area contributed by atoms with Crippen LogP contribution >= 0.6 is 0 Å². The summed E-state index contributed by atoms with van der Waals surface area (Å²) >= 11 is 0. The second kappa shape index (κ2) is 9.34. The number of nitrogens with two attached hydrogens (primary N) is 1. The van der Waals surface area contributed by atoms with Gasteiger partial charge in [0.25, 0.3) is 5.91 Å². The number of amides is 1. The molecule has 0 aromatic carbocycles. The second-order valence-electron chi connectivity index (χ2n) is 4.93. The highest BCUT2D eigenvalue weighted by molar-refractivity contribution is 5.97. The van der Waals surface area contributed by atoms with E-state index in [1.807, 2.05) is 13.0 Å². The van der Waals surface area contributed by atoms with Crippen molar-refractivity contribution in [1.29, 1.82) is 5.26 Å². The Labute approximate surface area is 126 Å². The summed E-state index contributed by atoms with van der Waals surface area (Å²) in [5.41, 5.74) is 5.64. The van der Waals surface area contributed by atoms with Crippen LogP contribution < -0.4 is 5.73 Å². The highest BCUT2D eigenvalue weighted by atomic mass is 16.3. The van der Waals surface area contributed by atoms with Crippen LogP contribution in [0.5, 0.6) is 0 Å². The number of nitrogens with zero attached hydrogens (tertiary/aromatic N) is 4. The topological polar surface area (TPSA) is 96.8 Å². The minimum absolute atomic E-state index is 0.00496. The third-order valence-electron chi connectivity index (χ3n) is 3.56. The maximum Gasteiger partial charge on any atom is 0.266 e. The van der Waals surface area contributed by atoms with Gasteiger partial charge in [0.15, 0.2) is 0 Å². The van der Waals surface area contributed by atoms with Crippen LogP contribution in [0.25, 0.3) is 0 Å². The summed E-state index contributed by atoms with van der Waals surface area (Å²) in [6.07, 6.45) is 1.55. The molecular weight excluding hydrogens is 270 g/mol. The number of piperazine rings is 1. The van der Waals surface area contributed by atoms with Gasteiger partial charge >= 0.3 is 0 Å². The Morgan fingerprint density at radius 3 is 2.57 bits per heavy atom. The fourth-order valence-electron chi connectivity index (χ4n) is 2.28. The second-order valence-corrected chi connectivity index (χ2v) is 4.93. The predicted molar refractivity (Wildman–Crippen MR) is 80.1 cm³/mol. The number of carbonyl (C=O) groups excluding carboxylic acids is 1. The molecule has 1 amide bonds. The number of likely N-dealkylation sites (N-methyl/N-ethyl adjacent to an activating group) is 1. The summed E-state index contributed by atoms with van der Waals surface area (Å²) in [5.74, 6) is -0.235. The third-order valence-corrected chi connectivity index (χ3v) is 3.56. The highest BCUT2D eigenvalue weighted by Crippen LogP contribution is 2.08. The molecule has 0 radical (unpaired) electrons. The minimum atomic E-state index is -0.235. The number of aliphatic hydroxyl groups is 1. The summed E-state index contributed by atoms with van der Waals surface area (Å²) in [6, 6.07) is 1.97. The molecule has 1 fully saturated rings. The van der Waals surface area contributed by atoms with Crippen LogP contribution in [0.1, 0.15) is 6.92 Å². The number of hydrogen-bond donors (Lipinski definition) is 2. The van der Waals surface area contributed by atoms with Crippen molar-refractivity contribution in [3.63, 3.8) is 0 Å². The van der Waals surface area contributed by atoms with Crippen LogP contribution in [-0.4, -0.2) is 84.7 Å². The Morgan fingerprint density at radius 1 is 1.43 bits per heavy atom. The van der Waals surface area contributed by atoms with Gasteiger partial charge in [0.05, 0.1) is 6.61 Å². The van der Waals surface area contributed by atoms with Crippen molar-refractivity contribution in [3.05, 3.63) is 11.8 Å². The van der Waals surface area contributed by atoms with Gasteiger partial charge in [-0.1, -0.05) is 0 Å². The molecule has 21 heavy (non-hydrogen) atoms. The number of rotatable bonds is 7. The quantitative estimate of drug-likeness (QED) is 0.453. The lowest BCUT2D eigenvalue weighted by Crippen LogP contribution is -2.50. The van der Waals surface area contributed by atoms with Crippen LogP contribution in [0.15, 0.2) is 11.8 Å². The zero-order valence-corrected chi connectivity index (χ0v) is 12.7. The molecule has 0 aromatic heterocycles. The maximum atomic E-state index is 12.4. The number of hydrogen-bond acceptors (Lipinski definition) is 6. The molecule has 1 heterocycles. The molecule has 1 aliphatic heterocycles. The molecule has 1 rings (SSSR count). The Morgan fingerprint density at radius 2 is 2.10 bits per heavy atom. The van der Waals surface area contributed by atoms with E-state index in [2.05, 4.69) is 4.90 Å². The number of carbonyl (C=O) groups is 1. The molecule has 0 atom stereocenters. The fourth-order valence-corrected chi connectivity index (χ4v) is 2.28. The molecule has 7 heteroatoms. The third kappa shape index (κ3) is 5.34. The van der Waals surface area contributed by atoms with Crippen LogP contribution in [0.4, 0.5) is 0 Å². The van der Waals surface area contributed by atoms with E-state index in [9.17, 15) is 10.1 Å². The predicted octanol–water partition coefficient (Wildman–Crippen LogP) is -1.19. The minimum Gasteiger partial charge on any atom is -0.395 e. The first-order valence-electron chi connectivity index (χ1n) is 7.34. The SMILES string of the molecule is CCN(/C=C(/C#N)C(=O)N1CCN(CCN)CC1)CCO. The molecular formula is C14H25N5O2. The first-order chi connectivity index (χ1) is 10.2. The Kier molecular flexibility index (Phi) is 7.75. The highest BCUT2D eigenvalue weighted by Gasteiger charge is 2.23. The summed E-state index contributed by atoms with van der Waals surface area (Å²) in [7, 11) is 0. The summed E-state index contributed by atoms with van der Waals surface area (Å²) in [6.45, 7) is 7.22. The van der Waals surface area contributed by atoms with E-state index in [-0.39, 0.29) is 18.1 Å². The first kappa shape index (κ1) is 17.4. The molecule has 0 saturated carbocycles. The van der Waals surface area contributed by atoms with Crippen molar-refractivity contribution >= 4 is 5.91 Å². The first-order valence-corrected chi connectivity index (χ1v) is 7.34. The van der Waals surface area contributed by atoms with Gasteiger partial charge in [0, 0.05) is 58.6 Å². The molecule has 3 N–H and O–H groups in total. The average molecular weight is 295 g/mol. The molecule has 0 bridgehead atoms. The Balaban J connectivity index is 2.64. The summed E-state index contributed by atoms with van der Waals surface area (Å²) in [5, 5.41) is 18.1. The molecule has 1 saturated heterocycles. The van der Waals surface area contributed by atoms with E-state index in [1.165, 1.54) is 0 Å². The van der Waals surface area contributed by atoms with Gasteiger partial charge in [0.1, 0.15) is 11.6 Å². The fraction of sp³-hybridized carbons (Fsp3) is 0.714. The molecule has 7 nitrogen and oxygen atoms in total. The Hall–Kier alpha value is -1.62. The van der Waals surface area contributed by atoms with Crippen molar-refractivity contribution in [2.45, 2.75) is 6.92 Å². The van der Waals surface area contributed by atoms with Gasteiger partial charge in [-0.25, -0.2) is 0 Å². The van der Waals surface area contributed by atoms with Gasteiger partial charge < -0.3 is 20.6 Å². The van der Waals surface area contributed by atoms with E-state index < -0.39 is 0 Å². The van der Waals surface area contributed by atoms with Gasteiger partial charge in [-0.3, -0.25) is 9.69 Å². The molecule has 118 valence electrons. The number of aliphatic hydroxyl groups excluding tert-OH is 1. The summed E-state index contributed by atoms with van der Waals surface area (Å²) in [4.78, 5) is 18.0. The van der Waals surface area contributed by atoms with Crippen LogP contribution in [0.2, 0.25) is 0 Å². The van der Waals surface area contributed by atoms with Gasteiger partial charge in [-0.2, -0.15) is 5.26 Å². The van der Waals surface area contributed by atoms with Crippen LogP contribution in [0, 0.1) is 11.3 Å². The normalized spacial score (nSPS) is 16.7. The van der Waals surface area contributed by atoms with E-state index in [4.69, 9.17) is 10.8 Å². The Bertz CT molecular complexity index is 397. The largest absolute Gasteiger partial charge is 0.395 e. The zero-order chi connectivity index (χ0) is 15.7. The lowest BCUT2D eigenvalue weighted by Gasteiger charge is -2.34. The lowest BCUT2D eigenvalue weighted by atomic mass is 10.2. The molecule has 0 spiro atoms. The smallest absolute Gasteiger partial charge is 0.266 e. The van der Waals surface area contributed by atoms with Crippen LogP contribution in [0.3, 0.4) is 0 Å². The molecule has 0 aliphatic carbocycles. The van der Waals surface area contributed by atoms with E-state index in [1.54, 1.807) is 16.0 Å². The monoisotopic (exact) mass is 295 g/mol. The zero-order valence-electron chi connectivity index (χ0n) is 12.7. The van der Waals surface area contributed by atoms with E-state index in [0.717, 1.165) is 19.6 Å². The van der Waals surface area contributed by atoms with Crippen molar-refractivity contribution in [3.8, 4) is 6.07 Å². The van der Waals surface area contributed by atoms with Crippen molar-refractivity contribution in [1.82, 2.24) is 14.7 Å². The van der Waals surface area contributed by atoms with Gasteiger partial charge in [0.2, 0.25) is 0 Å². The van der Waals surface area contributed by atoms with E-state index in [0.29, 0.717) is 32.7 Å². The summed E-state index contributed by atoms with van der Waals surface area (Å²) < 4.78 is 0. The van der Waals surface area contributed by atoms with Crippen molar-refractivity contribution < 1.29 is 9.90 Å². The van der Waals surface area contributed by atoms with Crippen LogP contribution in [-0.2, 0) is 4.79 Å². The maximum absolute atomic E-state index is 12.4.